The molecule has 0 saturated carbocycles. The Balaban J connectivity index is 2.19. The van der Waals surface area contributed by atoms with Gasteiger partial charge in [0.15, 0.2) is 5.76 Å². The van der Waals surface area contributed by atoms with E-state index in [0.29, 0.717) is 5.76 Å². The topological polar surface area (TPSA) is 55.5 Å². The normalized spacial score (nSPS) is 23.2. The van der Waals surface area contributed by atoms with Crippen molar-refractivity contribution in [2.24, 2.45) is 0 Å². The minimum absolute atomic E-state index is 0.00894. The molecular formula is C8H11NO3. The molecular weight excluding hydrogens is 158 g/mol. The first kappa shape index (κ1) is 7.76. The monoisotopic (exact) mass is 169 g/mol. The van der Waals surface area contributed by atoms with Gasteiger partial charge in [-0.3, -0.25) is 0 Å². The summed E-state index contributed by atoms with van der Waals surface area (Å²) in [5, 5.41) is 12.5. The summed E-state index contributed by atoms with van der Waals surface area (Å²) in [6.07, 6.45) is 3.56. The molecule has 1 N–H and O–H groups in total. The zero-order chi connectivity index (χ0) is 8.39. The SMILES string of the molecule is OCc1cnoc1C1CCCO1. The summed E-state index contributed by atoms with van der Waals surface area (Å²) < 4.78 is 10.4. The van der Waals surface area contributed by atoms with Crippen LogP contribution in [0.1, 0.15) is 30.3 Å². The van der Waals surface area contributed by atoms with E-state index in [2.05, 4.69) is 5.16 Å². The summed E-state index contributed by atoms with van der Waals surface area (Å²) in [6, 6.07) is 0. The van der Waals surface area contributed by atoms with Crippen LogP contribution in [0.25, 0.3) is 0 Å². The summed E-state index contributed by atoms with van der Waals surface area (Å²) in [4.78, 5) is 0. The van der Waals surface area contributed by atoms with Gasteiger partial charge in [0.1, 0.15) is 6.10 Å². The smallest absolute Gasteiger partial charge is 0.170 e. The molecule has 1 aromatic heterocycles. The number of nitrogens with zero attached hydrogens (tertiary/aromatic N) is 1. The predicted octanol–water partition coefficient (Wildman–Crippen LogP) is 1.02. The zero-order valence-electron chi connectivity index (χ0n) is 6.69. The van der Waals surface area contributed by atoms with Crippen LogP contribution in [-0.4, -0.2) is 16.9 Å². The molecule has 1 saturated heterocycles. The van der Waals surface area contributed by atoms with E-state index in [0.717, 1.165) is 25.0 Å². The van der Waals surface area contributed by atoms with E-state index in [4.69, 9.17) is 14.4 Å². The van der Waals surface area contributed by atoms with Gasteiger partial charge in [0.05, 0.1) is 12.8 Å². The minimum atomic E-state index is -0.0291. The van der Waals surface area contributed by atoms with Crippen molar-refractivity contribution in [3.63, 3.8) is 0 Å². The lowest BCUT2D eigenvalue weighted by atomic mass is 10.1. The molecule has 4 nitrogen and oxygen atoms in total. The fourth-order valence-electron chi connectivity index (χ4n) is 1.44. The average Bonchev–Trinajstić information content (AvgIpc) is 2.74. The van der Waals surface area contributed by atoms with Gasteiger partial charge in [0, 0.05) is 12.2 Å². The van der Waals surface area contributed by atoms with Gasteiger partial charge in [0.2, 0.25) is 0 Å². The Morgan fingerprint density at radius 2 is 2.58 bits per heavy atom. The summed E-state index contributed by atoms with van der Waals surface area (Å²) >= 11 is 0. The largest absolute Gasteiger partial charge is 0.391 e. The lowest BCUT2D eigenvalue weighted by Gasteiger charge is -2.05. The highest BCUT2D eigenvalue weighted by Crippen LogP contribution is 2.30. The van der Waals surface area contributed by atoms with Crippen LogP contribution >= 0.6 is 0 Å². The van der Waals surface area contributed by atoms with Gasteiger partial charge in [-0.05, 0) is 12.8 Å². The van der Waals surface area contributed by atoms with Crippen molar-refractivity contribution in [3.05, 3.63) is 17.5 Å². The van der Waals surface area contributed by atoms with Crippen LogP contribution in [0, 0.1) is 0 Å². The van der Waals surface area contributed by atoms with Gasteiger partial charge in [-0.1, -0.05) is 5.16 Å². The fourth-order valence-corrected chi connectivity index (χ4v) is 1.44. The first-order chi connectivity index (χ1) is 5.92. The lowest BCUT2D eigenvalue weighted by molar-refractivity contribution is 0.0853. The van der Waals surface area contributed by atoms with Crippen molar-refractivity contribution in [3.8, 4) is 0 Å². The van der Waals surface area contributed by atoms with Crippen molar-refractivity contribution < 1.29 is 14.4 Å². The second-order valence-corrected chi connectivity index (χ2v) is 2.88. The van der Waals surface area contributed by atoms with E-state index in [-0.39, 0.29) is 12.7 Å². The van der Waals surface area contributed by atoms with Crippen LogP contribution in [0.5, 0.6) is 0 Å². The third kappa shape index (κ3) is 1.23. The van der Waals surface area contributed by atoms with Crippen molar-refractivity contribution in [1.82, 2.24) is 5.16 Å². The maximum Gasteiger partial charge on any atom is 0.170 e. The summed E-state index contributed by atoms with van der Waals surface area (Å²) in [5.41, 5.74) is 0.738. The number of aliphatic hydroxyl groups excluding tert-OH is 1. The van der Waals surface area contributed by atoms with Crippen LogP contribution in [0.2, 0.25) is 0 Å². The number of hydrogen-bond donors (Lipinski definition) is 1. The van der Waals surface area contributed by atoms with E-state index < -0.39 is 0 Å². The molecule has 2 heterocycles. The van der Waals surface area contributed by atoms with E-state index >= 15 is 0 Å². The van der Waals surface area contributed by atoms with Crippen LogP contribution in [0.4, 0.5) is 0 Å². The number of ether oxygens (including phenoxy) is 1. The third-order valence-corrected chi connectivity index (χ3v) is 2.07. The highest BCUT2D eigenvalue weighted by molar-refractivity contribution is 5.15. The fraction of sp³-hybridized carbons (Fsp3) is 0.625. The first-order valence-electron chi connectivity index (χ1n) is 4.07. The Labute approximate surface area is 70.1 Å². The summed E-state index contributed by atoms with van der Waals surface area (Å²) in [6.45, 7) is 0.745. The molecule has 1 aliphatic rings. The number of aromatic nitrogens is 1. The summed E-state index contributed by atoms with van der Waals surface area (Å²) in [5.74, 6) is 0.690. The van der Waals surface area contributed by atoms with Gasteiger partial charge in [-0.2, -0.15) is 0 Å². The van der Waals surface area contributed by atoms with Crippen molar-refractivity contribution >= 4 is 0 Å². The van der Waals surface area contributed by atoms with Gasteiger partial charge < -0.3 is 14.4 Å². The van der Waals surface area contributed by atoms with Crippen LogP contribution in [0.15, 0.2) is 10.7 Å². The molecule has 1 unspecified atom stereocenters. The highest BCUT2D eigenvalue weighted by atomic mass is 16.5. The van der Waals surface area contributed by atoms with Crippen molar-refractivity contribution in [1.29, 1.82) is 0 Å². The highest BCUT2D eigenvalue weighted by Gasteiger charge is 2.24. The van der Waals surface area contributed by atoms with E-state index in [1.165, 1.54) is 6.20 Å². The molecule has 0 radical (unpaired) electrons. The molecule has 2 rings (SSSR count). The van der Waals surface area contributed by atoms with E-state index in [1.54, 1.807) is 0 Å². The Bertz CT molecular complexity index is 253. The Morgan fingerprint density at radius 1 is 1.67 bits per heavy atom. The molecule has 1 aromatic rings. The number of rotatable bonds is 2. The first-order valence-corrected chi connectivity index (χ1v) is 4.07. The molecule has 0 aromatic carbocycles. The van der Waals surface area contributed by atoms with Gasteiger partial charge in [0.25, 0.3) is 0 Å². The average molecular weight is 169 g/mol. The molecule has 12 heavy (non-hydrogen) atoms. The van der Waals surface area contributed by atoms with Crippen LogP contribution in [-0.2, 0) is 11.3 Å². The maximum atomic E-state index is 8.91. The molecule has 66 valence electrons. The molecule has 0 aliphatic carbocycles. The second kappa shape index (κ2) is 3.25. The minimum Gasteiger partial charge on any atom is -0.391 e. The zero-order valence-corrected chi connectivity index (χ0v) is 6.69. The van der Waals surface area contributed by atoms with Gasteiger partial charge >= 0.3 is 0 Å². The number of aliphatic hydroxyl groups is 1. The Morgan fingerprint density at radius 3 is 3.25 bits per heavy atom. The lowest BCUT2D eigenvalue weighted by Crippen LogP contribution is -1.97. The summed E-state index contributed by atoms with van der Waals surface area (Å²) in [7, 11) is 0. The Hall–Kier alpha value is -0.870. The van der Waals surface area contributed by atoms with Gasteiger partial charge in [-0.15, -0.1) is 0 Å². The maximum absolute atomic E-state index is 8.91. The van der Waals surface area contributed by atoms with Crippen molar-refractivity contribution in [2.75, 3.05) is 6.61 Å². The van der Waals surface area contributed by atoms with E-state index in [9.17, 15) is 0 Å². The molecule has 0 bridgehead atoms. The molecule has 1 aliphatic heterocycles. The second-order valence-electron chi connectivity index (χ2n) is 2.88. The molecule has 1 fully saturated rings. The number of hydrogen-bond acceptors (Lipinski definition) is 4. The molecule has 0 spiro atoms. The quantitative estimate of drug-likeness (QED) is 0.718. The Kier molecular flexibility index (Phi) is 2.10. The molecule has 0 amide bonds. The third-order valence-electron chi connectivity index (χ3n) is 2.07. The van der Waals surface area contributed by atoms with Crippen LogP contribution in [0.3, 0.4) is 0 Å². The van der Waals surface area contributed by atoms with Gasteiger partial charge in [-0.25, -0.2) is 0 Å². The molecule has 4 heteroatoms. The van der Waals surface area contributed by atoms with Crippen LogP contribution < -0.4 is 0 Å². The van der Waals surface area contributed by atoms with Crippen molar-refractivity contribution in [2.45, 2.75) is 25.6 Å². The predicted molar refractivity (Wildman–Crippen MR) is 40.4 cm³/mol. The van der Waals surface area contributed by atoms with E-state index in [1.807, 2.05) is 0 Å². The molecule has 1 atom stereocenters. The standard InChI is InChI=1S/C8H11NO3/c10-5-6-4-9-12-8(6)7-2-1-3-11-7/h4,7,10H,1-3,5H2.